The summed E-state index contributed by atoms with van der Waals surface area (Å²) >= 11 is 0. The molecule has 0 N–H and O–H groups in total. The van der Waals surface area contributed by atoms with E-state index in [2.05, 4.69) is 4.98 Å². The fraction of sp³-hybridized carbons (Fsp3) is 0. The molecule has 0 saturated heterocycles. The number of ether oxygens (including phenoxy) is 1. The molecule has 0 atom stereocenters. The van der Waals surface area contributed by atoms with E-state index in [0.29, 0.717) is 11.3 Å². The molecule has 4 heteroatoms. The van der Waals surface area contributed by atoms with Crippen LogP contribution in [0.15, 0.2) is 72.8 Å². The van der Waals surface area contributed by atoms with Crippen LogP contribution in [0.3, 0.4) is 0 Å². The molecule has 0 saturated carbocycles. The van der Waals surface area contributed by atoms with Gasteiger partial charge in [-0.2, -0.15) is 0 Å². The summed E-state index contributed by atoms with van der Waals surface area (Å²) in [6, 6.07) is 20.2. The van der Waals surface area contributed by atoms with Crippen LogP contribution in [0.1, 0.15) is 10.4 Å². The predicted octanol–water partition coefficient (Wildman–Crippen LogP) is 4.75. The second kappa shape index (κ2) is 5.74. The van der Waals surface area contributed by atoms with Crippen molar-refractivity contribution in [3.8, 4) is 5.75 Å². The third-order valence-corrected chi connectivity index (χ3v) is 3.82. The van der Waals surface area contributed by atoms with E-state index in [4.69, 9.17) is 4.74 Å². The van der Waals surface area contributed by atoms with Crippen LogP contribution < -0.4 is 4.74 Å². The van der Waals surface area contributed by atoms with Gasteiger partial charge in [0.25, 0.3) is 0 Å². The lowest BCUT2D eigenvalue weighted by Gasteiger charge is -2.10. The molecule has 0 fully saturated rings. The van der Waals surface area contributed by atoms with E-state index < -0.39 is 5.97 Å². The summed E-state index contributed by atoms with van der Waals surface area (Å²) in [7, 11) is 0. The number of esters is 1. The Kier molecular flexibility index (Phi) is 3.43. The first-order valence-electron chi connectivity index (χ1n) is 7.47. The van der Waals surface area contributed by atoms with Crippen molar-refractivity contribution in [2.24, 2.45) is 0 Å². The molecule has 4 aromatic rings. The van der Waals surface area contributed by atoms with Crippen molar-refractivity contribution in [2.45, 2.75) is 0 Å². The third-order valence-electron chi connectivity index (χ3n) is 3.82. The van der Waals surface area contributed by atoms with Gasteiger partial charge in [-0.3, -0.25) is 0 Å². The Morgan fingerprint density at radius 2 is 1.33 bits per heavy atom. The number of pyridine rings is 1. The second-order valence-corrected chi connectivity index (χ2v) is 5.36. The number of para-hydroxylation sites is 2. The first kappa shape index (κ1) is 14.3. The number of hydrogen-bond donors (Lipinski definition) is 0. The molecule has 3 nitrogen and oxygen atoms in total. The molecule has 0 radical (unpaired) electrons. The molecule has 0 aliphatic heterocycles. The van der Waals surface area contributed by atoms with Crippen LogP contribution in [-0.4, -0.2) is 11.0 Å². The maximum absolute atomic E-state index is 13.0. The van der Waals surface area contributed by atoms with Gasteiger partial charge in [0.15, 0.2) is 0 Å². The number of hydrogen-bond acceptors (Lipinski definition) is 3. The van der Waals surface area contributed by atoms with E-state index in [1.54, 1.807) is 0 Å². The fourth-order valence-corrected chi connectivity index (χ4v) is 2.72. The highest BCUT2D eigenvalue weighted by atomic mass is 19.1. The van der Waals surface area contributed by atoms with Gasteiger partial charge in [0.1, 0.15) is 11.6 Å². The van der Waals surface area contributed by atoms with Crippen LogP contribution in [0.2, 0.25) is 0 Å². The van der Waals surface area contributed by atoms with Gasteiger partial charge < -0.3 is 4.74 Å². The van der Waals surface area contributed by atoms with Gasteiger partial charge in [0, 0.05) is 10.8 Å². The van der Waals surface area contributed by atoms with E-state index in [9.17, 15) is 9.18 Å². The minimum Gasteiger partial charge on any atom is -0.423 e. The standard InChI is InChI=1S/C20H12FNO2/c21-13-9-11-14(12-10-13)24-20(23)19-15-5-1-3-7-17(15)22-18-8-4-2-6-16(18)19/h1-12H. The highest BCUT2D eigenvalue weighted by Gasteiger charge is 2.17. The minimum absolute atomic E-state index is 0.298. The zero-order valence-electron chi connectivity index (χ0n) is 12.6. The number of fused-ring (bicyclic) bond motifs is 2. The maximum Gasteiger partial charge on any atom is 0.344 e. The van der Waals surface area contributed by atoms with Crippen LogP contribution in [0.25, 0.3) is 21.8 Å². The van der Waals surface area contributed by atoms with E-state index in [1.807, 2.05) is 48.5 Å². The van der Waals surface area contributed by atoms with Gasteiger partial charge >= 0.3 is 5.97 Å². The zero-order valence-corrected chi connectivity index (χ0v) is 12.6. The number of rotatable bonds is 2. The highest BCUT2D eigenvalue weighted by molar-refractivity contribution is 6.14. The van der Waals surface area contributed by atoms with Crippen molar-refractivity contribution in [1.29, 1.82) is 0 Å². The summed E-state index contributed by atoms with van der Waals surface area (Å²) in [5.74, 6) is -0.572. The monoisotopic (exact) mass is 317 g/mol. The quantitative estimate of drug-likeness (QED) is 0.304. The van der Waals surface area contributed by atoms with E-state index in [1.165, 1.54) is 24.3 Å². The Morgan fingerprint density at radius 3 is 1.92 bits per heavy atom. The number of carbonyl (C=O) groups excluding carboxylic acids is 1. The fourth-order valence-electron chi connectivity index (χ4n) is 2.72. The van der Waals surface area contributed by atoms with Crippen LogP contribution >= 0.6 is 0 Å². The predicted molar refractivity (Wildman–Crippen MR) is 90.6 cm³/mol. The molecule has 1 aromatic heterocycles. The summed E-state index contributed by atoms with van der Waals surface area (Å²) < 4.78 is 18.5. The summed E-state index contributed by atoms with van der Waals surface area (Å²) in [5.41, 5.74) is 1.91. The molecule has 0 aliphatic rings. The van der Waals surface area contributed by atoms with Crippen LogP contribution in [0.4, 0.5) is 4.39 Å². The first-order valence-corrected chi connectivity index (χ1v) is 7.47. The van der Waals surface area contributed by atoms with Crippen LogP contribution in [-0.2, 0) is 0 Å². The highest BCUT2D eigenvalue weighted by Crippen LogP contribution is 2.27. The molecule has 3 aromatic carbocycles. The van der Waals surface area contributed by atoms with Gasteiger partial charge in [-0.05, 0) is 36.4 Å². The summed E-state index contributed by atoms with van der Waals surface area (Å²) in [5, 5.41) is 1.45. The van der Waals surface area contributed by atoms with Gasteiger partial charge in [0.05, 0.1) is 16.6 Å². The lowest BCUT2D eigenvalue weighted by Crippen LogP contribution is -2.10. The van der Waals surface area contributed by atoms with Crippen molar-refractivity contribution in [1.82, 2.24) is 4.98 Å². The molecule has 1 heterocycles. The molecule has 0 bridgehead atoms. The summed E-state index contributed by atoms with van der Waals surface area (Å²) in [4.78, 5) is 17.4. The average Bonchev–Trinajstić information content (AvgIpc) is 2.61. The number of halogens is 1. The lowest BCUT2D eigenvalue weighted by atomic mass is 10.0. The topological polar surface area (TPSA) is 39.2 Å². The molecule has 116 valence electrons. The molecule has 0 unspecified atom stereocenters. The van der Waals surface area contributed by atoms with Crippen molar-refractivity contribution >= 4 is 27.8 Å². The molecule has 4 rings (SSSR count). The van der Waals surface area contributed by atoms with Crippen molar-refractivity contribution in [2.75, 3.05) is 0 Å². The Labute approximate surface area is 137 Å². The number of aromatic nitrogens is 1. The lowest BCUT2D eigenvalue weighted by molar-refractivity contribution is 0.0738. The van der Waals surface area contributed by atoms with Gasteiger partial charge in [-0.15, -0.1) is 0 Å². The zero-order chi connectivity index (χ0) is 16.5. The van der Waals surface area contributed by atoms with Gasteiger partial charge in [-0.25, -0.2) is 14.2 Å². The Balaban J connectivity index is 1.89. The SMILES string of the molecule is O=C(Oc1ccc(F)cc1)c1c2ccccc2nc2ccccc12. The Hall–Kier alpha value is -3.27. The normalized spacial score (nSPS) is 10.9. The van der Waals surface area contributed by atoms with Gasteiger partial charge in [0.2, 0.25) is 0 Å². The second-order valence-electron chi connectivity index (χ2n) is 5.36. The van der Waals surface area contributed by atoms with Crippen LogP contribution in [0.5, 0.6) is 5.75 Å². The smallest absolute Gasteiger partial charge is 0.344 e. The molecule has 24 heavy (non-hydrogen) atoms. The summed E-state index contributed by atoms with van der Waals surface area (Å²) in [6.07, 6.45) is 0. The van der Waals surface area contributed by atoms with E-state index >= 15 is 0 Å². The third kappa shape index (κ3) is 2.48. The van der Waals surface area contributed by atoms with Crippen molar-refractivity contribution in [3.63, 3.8) is 0 Å². The Morgan fingerprint density at radius 1 is 0.792 bits per heavy atom. The van der Waals surface area contributed by atoms with E-state index in [-0.39, 0.29) is 5.82 Å². The molecule has 0 aliphatic carbocycles. The largest absolute Gasteiger partial charge is 0.423 e. The first-order chi connectivity index (χ1) is 11.7. The molecular formula is C20H12FNO2. The van der Waals surface area contributed by atoms with Crippen molar-refractivity contribution in [3.05, 3.63) is 84.2 Å². The summed E-state index contributed by atoms with van der Waals surface area (Å²) in [6.45, 7) is 0. The van der Waals surface area contributed by atoms with Crippen LogP contribution in [0, 0.1) is 5.82 Å². The molecule has 0 amide bonds. The maximum atomic E-state index is 13.0. The average molecular weight is 317 g/mol. The number of nitrogens with zero attached hydrogens (tertiary/aromatic N) is 1. The Bertz CT molecular complexity index is 1000. The minimum atomic E-state index is -0.489. The van der Waals surface area contributed by atoms with E-state index in [0.717, 1.165) is 21.8 Å². The number of carbonyl (C=O) groups is 1. The van der Waals surface area contributed by atoms with Gasteiger partial charge in [-0.1, -0.05) is 36.4 Å². The number of benzene rings is 3. The molecular weight excluding hydrogens is 305 g/mol. The van der Waals surface area contributed by atoms with Crippen molar-refractivity contribution < 1.29 is 13.9 Å². The molecule has 0 spiro atoms.